The van der Waals surface area contributed by atoms with Gasteiger partial charge in [0.15, 0.2) is 0 Å². The molecule has 9 heteroatoms. The van der Waals surface area contributed by atoms with Crippen LogP contribution in [0.1, 0.15) is 11.1 Å². The Bertz CT molecular complexity index is 1830. The van der Waals surface area contributed by atoms with Crippen LogP contribution in [-0.4, -0.2) is 9.55 Å². The van der Waals surface area contributed by atoms with Gasteiger partial charge >= 0.3 is 0 Å². The predicted molar refractivity (Wildman–Crippen MR) is 168 cm³/mol. The van der Waals surface area contributed by atoms with Gasteiger partial charge in [0, 0.05) is 60.8 Å². The maximum Gasteiger partial charge on any atom is 0.0683 e. The van der Waals surface area contributed by atoms with Crippen LogP contribution < -0.4 is 0 Å². The molecule has 2 nitrogen and oxygen atoms in total. The second-order valence-corrected chi connectivity index (χ2v) is 11.6. The van der Waals surface area contributed by atoms with Crippen molar-refractivity contribution in [3.63, 3.8) is 0 Å². The van der Waals surface area contributed by atoms with Crippen LogP contribution in [0.15, 0.2) is 79.1 Å². The molecule has 0 saturated heterocycles. The number of fused-ring (bicyclic) bond motifs is 3. The van der Waals surface area contributed by atoms with Crippen LogP contribution in [0, 0.1) is 6.42 Å². The number of nitrogens with zero attached hydrogens (tertiary/aromatic N) is 2. The Labute approximate surface area is 259 Å². The van der Waals surface area contributed by atoms with Gasteiger partial charge in [-0.25, -0.2) is 0 Å². The van der Waals surface area contributed by atoms with Crippen LogP contribution in [0.4, 0.5) is 0 Å². The first-order valence-corrected chi connectivity index (χ1v) is 14.2. The quantitative estimate of drug-likeness (QED) is 0.186. The first kappa shape index (κ1) is 27.1. The maximum atomic E-state index is 7.22. The van der Waals surface area contributed by atoms with Gasteiger partial charge in [-0.3, -0.25) is 4.98 Å². The summed E-state index contributed by atoms with van der Waals surface area (Å²) in [6.07, 6.45) is 4.78. The third-order valence-corrected chi connectivity index (χ3v) is 8.61. The molecule has 0 spiro atoms. The van der Waals surface area contributed by atoms with Crippen molar-refractivity contribution in [1.82, 2.24) is 9.55 Å². The molecule has 0 atom stereocenters. The molecule has 0 aliphatic heterocycles. The van der Waals surface area contributed by atoms with E-state index in [9.17, 15) is 0 Å². The van der Waals surface area contributed by atoms with Crippen LogP contribution in [0.2, 0.25) is 35.2 Å². The highest BCUT2D eigenvalue weighted by Crippen LogP contribution is 2.48. The van der Waals surface area contributed by atoms with Gasteiger partial charge in [-0.05, 0) is 41.5 Å². The molecule has 0 amide bonds. The first-order chi connectivity index (χ1) is 18.8. The minimum atomic E-state index is 0.316. The zero-order valence-electron chi connectivity index (χ0n) is 19.6. The molecule has 0 N–H and O–H groups in total. The normalized spacial score (nSPS) is 11.6. The van der Waals surface area contributed by atoms with Gasteiger partial charge in [-0.1, -0.05) is 118 Å². The van der Waals surface area contributed by atoms with E-state index in [1.54, 1.807) is 18.6 Å². The van der Waals surface area contributed by atoms with Gasteiger partial charge in [0.1, 0.15) is 0 Å². The lowest BCUT2D eigenvalue weighted by molar-refractivity contribution is 1.18. The molecule has 4 aromatic carbocycles. The molecule has 0 aliphatic carbocycles. The van der Waals surface area contributed by atoms with E-state index in [-0.39, 0.29) is 0 Å². The van der Waals surface area contributed by atoms with E-state index in [0.717, 1.165) is 21.8 Å². The zero-order chi connectivity index (χ0) is 27.4. The fourth-order valence-electron chi connectivity index (χ4n) is 4.84. The summed E-state index contributed by atoms with van der Waals surface area (Å²) in [4.78, 5) is 4.14. The Morgan fingerprint density at radius 2 is 1.08 bits per heavy atom. The molecule has 39 heavy (non-hydrogen) atoms. The van der Waals surface area contributed by atoms with Crippen LogP contribution in [0.3, 0.4) is 0 Å². The summed E-state index contributed by atoms with van der Waals surface area (Å²) >= 11 is 46.7. The summed E-state index contributed by atoms with van der Waals surface area (Å²) in [6.45, 7) is 0. The molecule has 0 bridgehead atoms. The summed E-state index contributed by atoms with van der Waals surface area (Å²) in [5, 5.41) is 4.64. The van der Waals surface area contributed by atoms with Crippen molar-refractivity contribution in [3.8, 4) is 16.8 Å². The van der Waals surface area contributed by atoms with Crippen LogP contribution in [-0.2, 0) is 0 Å². The maximum absolute atomic E-state index is 7.22. The molecule has 0 fully saturated rings. The average molecular weight is 651 g/mol. The number of rotatable bonds is 4. The fraction of sp³-hybridized carbons (Fsp3) is 0. The highest BCUT2D eigenvalue weighted by Gasteiger charge is 2.26. The lowest BCUT2D eigenvalue weighted by Gasteiger charge is -2.21. The van der Waals surface area contributed by atoms with E-state index in [1.165, 1.54) is 12.4 Å². The summed E-state index contributed by atoms with van der Waals surface area (Å²) in [7, 11) is 0. The van der Waals surface area contributed by atoms with Crippen LogP contribution >= 0.6 is 81.2 Å². The number of aromatic nitrogens is 2. The van der Waals surface area contributed by atoms with Crippen molar-refractivity contribution in [3.05, 3.63) is 132 Å². The van der Waals surface area contributed by atoms with Gasteiger partial charge in [0.2, 0.25) is 0 Å². The molecular weight excluding hydrogens is 637 g/mol. The van der Waals surface area contributed by atoms with E-state index in [1.807, 2.05) is 42.5 Å². The Kier molecular flexibility index (Phi) is 7.41. The molecule has 0 aliphatic rings. The van der Waals surface area contributed by atoms with Crippen molar-refractivity contribution >= 4 is 103 Å². The number of para-hydroxylation sites is 2. The fourth-order valence-corrected chi connectivity index (χ4v) is 6.96. The number of hydrogen-bond donors (Lipinski definition) is 0. The van der Waals surface area contributed by atoms with E-state index >= 15 is 0 Å². The number of hydrogen-bond acceptors (Lipinski definition) is 1. The largest absolute Gasteiger partial charge is 0.309 e. The molecule has 6 rings (SSSR count). The Hall–Kier alpha value is -2.14. The smallest absolute Gasteiger partial charge is 0.0683 e. The second kappa shape index (κ2) is 10.7. The van der Waals surface area contributed by atoms with Crippen LogP contribution in [0.5, 0.6) is 0 Å². The van der Waals surface area contributed by atoms with E-state index in [4.69, 9.17) is 81.2 Å². The van der Waals surface area contributed by atoms with Crippen molar-refractivity contribution in [2.45, 2.75) is 0 Å². The van der Waals surface area contributed by atoms with Crippen molar-refractivity contribution in [2.24, 2.45) is 0 Å². The predicted octanol–water partition coefficient (Wildman–Crippen LogP) is 12.0. The Morgan fingerprint density at radius 3 is 1.64 bits per heavy atom. The molecule has 2 aromatic heterocycles. The Balaban J connectivity index is 1.72. The lowest BCUT2D eigenvalue weighted by atomic mass is 9.97. The van der Waals surface area contributed by atoms with Crippen molar-refractivity contribution < 1.29 is 0 Å². The Morgan fingerprint density at radius 1 is 0.564 bits per heavy atom. The summed E-state index contributed by atoms with van der Waals surface area (Å²) in [6, 6.07) is 21.3. The van der Waals surface area contributed by atoms with Crippen molar-refractivity contribution in [1.29, 1.82) is 0 Å². The molecule has 0 saturated carbocycles. The molecule has 0 unspecified atom stereocenters. The highest BCUT2D eigenvalue weighted by atomic mass is 35.5. The van der Waals surface area contributed by atoms with Gasteiger partial charge < -0.3 is 4.57 Å². The van der Waals surface area contributed by atoms with Gasteiger partial charge in [-0.15, -0.1) is 0 Å². The topological polar surface area (TPSA) is 17.8 Å². The first-order valence-electron chi connectivity index (χ1n) is 11.6. The van der Waals surface area contributed by atoms with Gasteiger partial charge in [-0.2, -0.15) is 0 Å². The summed E-state index contributed by atoms with van der Waals surface area (Å²) in [5.74, 6) is 0. The van der Waals surface area contributed by atoms with Crippen LogP contribution in [0.25, 0.3) is 38.6 Å². The monoisotopic (exact) mass is 647 g/mol. The second-order valence-electron chi connectivity index (χ2n) is 8.76. The average Bonchev–Trinajstić information content (AvgIpc) is 3.23. The molecule has 193 valence electrons. The van der Waals surface area contributed by atoms with Crippen molar-refractivity contribution in [2.75, 3.05) is 0 Å². The summed E-state index contributed by atoms with van der Waals surface area (Å²) in [5.41, 5.74) is 4.75. The zero-order valence-corrected chi connectivity index (χ0v) is 24.9. The number of benzene rings is 4. The molecule has 1 radical (unpaired) electrons. The molecule has 2 heterocycles. The van der Waals surface area contributed by atoms with E-state index in [0.29, 0.717) is 63.1 Å². The lowest BCUT2D eigenvalue weighted by Crippen LogP contribution is -2.02. The van der Waals surface area contributed by atoms with Gasteiger partial charge in [0.05, 0.1) is 31.8 Å². The van der Waals surface area contributed by atoms with E-state index < -0.39 is 0 Å². The standard InChI is InChI=1S/C30H14Cl7N2/c31-15-9-20(32)18(21(33)10-15)11-19-22(34)12-27(29(30(19)37)28-23(35)13-38-14-24(28)36)39-25-7-3-1-5-16(25)17-6-2-4-8-26(17)39/h1-14H. The SMILES string of the molecule is Clc1cc(Cl)c([CH]c2c(Cl)cc(-n3c4ccccc4c4ccccc43)c(-c3c(Cl)cncc3Cl)c2Cl)c(Cl)c1. The minimum Gasteiger partial charge on any atom is -0.309 e. The van der Waals surface area contributed by atoms with Gasteiger partial charge in [0.25, 0.3) is 0 Å². The molecular formula is C30H14Cl7N2. The number of halogens is 7. The summed E-state index contributed by atoms with van der Waals surface area (Å²) < 4.78 is 2.11. The number of pyridine rings is 1. The third-order valence-electron chi connectivity index (χ3n) is 6.49. The third kappa shape index (κ3) is 4.67. The molecule has 6 aromatic rings. The minimum absolute atomic E-state index is 0.316. The van der Waals surface area contributed by atoms with E-state index in [2.05, 4.69) is 21.7 Å². The highest BCUT2D eigenvalue weighted by molar-refractivity contribution is 6.43.